The lowest BCUT2D eigenvalue weighted by Crippen LogP contribution is -2.30. The van der Waals surface area contributed by atoms with E-state index in [-0.39, 0.29) is 6.04 Å². The van der Waals surface area contributed by atoms with Crippen molar-refractivity contribution in [2.75, 3.05) is 13.2 Å². The van der Waals surface area contributed by atoms with Gasteiger partial charge in [-0.25, -0.2) is 5.43 Å². The number of nitrogens with one attached hydrogen (secondary N) is 1. The zero-order valence-corrected chi connectivity index (χ0v) is 8.99. The van der Waals surface area contributed by atoms with Gasteiger partial charge in [0.25, 0.3) is 0 Å². The van der Waals surface area contributed by atoms with Crippen LogP contribution in [0.4, 0.5) is 0 Å². The molecule has 13 heavy (non-hydrogen) atoms. The van der Waals surface area contributed by atoms with Gasteiger partial charge in [-0.05, 0) is 19.1 Å². The van der Waals surface area contributed by atoms with Gasteiger partial charge < -0.3 is 4.74 Å². The molecule has 0 amide bonds. The van der Waals surface area contributed by atoms with Crippen LogP contribution in [0.5, 0.6) is 0 Å². The van der Waals surface area contributed by atoms with Crippen LogP contribution in [0.25, 0.3) is 0 Å². The van der Waals surface area contributed by atoms with Crippen LogP contribution >= 0.6 is 22.9 Å². The van der Waals surface area contributed by atoms with Crippen molar-refractivity contribution in [3.63, 3.8) is 0 Å². The summed E-state index contributed by atoms with van der Waals surface area (Å²) in [5.74, 6) is 5.39. The second kappa shape index (κ2) is 5.57. The number of rotatable bonds is 5. The summed E-state index contributed by atoms with van der Waals surface area (Å²) in [5.41, 5.74) is 2.69. The number of hydrogen-bond donors (Lipinski definition) is 2. The molecule has 1 rings (SSSR count). The fraction of sp³-hybridized carbons (Fsp3) is 0.500. The zero-order chi connectivity index (χ0) is 9.68. The summed E-state index contributed by atoms with van der Waals surface area (Å²) < 4.78 is 6.04. The molecule has 1 aromatic heterocycles. The Balaban J connectivity index is 2.56. The van der Waals surface area contributed by atoms with Gasteiger partial charge in [0.1, 0.15) is 0 Å². The molecule has 74 valence electrons. The van der Waals surface area contributed by atoms with E-state index >= 15 is 0 Å². The summed E-state index contributed by atoms with van der Waals surface area (Å²) in [4.78, 5) is 1.10. The molecule has 3 nitrogen and oxygen atoms in total. The maximum absolute atomic E-state index is 5.80. The Kier molecular flexibility index (Phi) is 4.69. The van der Waals surface area contributed by atoms with E-state index in [9.17, 15) is 0 Å². The average molecular weight is 221 g/mol. The van der Waals surface area contributed by atoms with Crippen molar-refractivity contribution in [1.82, 2.24) is 5.43 Å². The van der Waals surface area contributed by atoms with Gasteiger partial charge in [-0.1, -0.05) is 11.6 Å². The first-order valence-electron chi connectivity index (χ1n) is 4.07. The lowest BCUT2D eigenvalue weighted by Gasteiger charge is -2.13. The van der Waals surface area contributed by atoms with Crippen LogP contribution in [0.3, 0.4) is 0 Å². The molecule has 0 aliphatic heterocycles. The van der Waals surface area contributed by atoms with Gasteiger partial charge in [0.15, 0.2) is 0 Å². The topological polar surface area (TPSA) is 47.3 Å². The van der Waals surface area contributed by atoms with E-state index in [1.54, 1.807) is 0 Å². The Morgan fingerprint density at radius 3 is 2.92 bits per heavy atom. The van der Waals surface area contributed by atoms with Crippen molar-refractivity contribution in [2.45, 2.75) is 13.0 Å². The van der Waals surface area contributed by atoms with E-state index in [4.69, 9.17) is 22.2 Å². The number of ether oxygens (including phenoxy) is 1. The predicted molar refractivity (Wildman–Crippen MR) is 55.9 cm³/mol. The Morgan fingerprint density at radius 1 is 1.69 bits per heavy atom. The van der Waals surface area contributed by atoms with Gasteiger partial charge in [0, 0.05) is 11.5 Å². The van der Waals surface area contributed by atoms with Gasteiger partial charge in [-0.2, -0.15) is 0 Å². The van der Waals surface area contributed by atoms with Gasteiger partial charge in [0.05, 0.1) is 17.0 Å². The molecule has 1 heterocycles. The summed E-state index contributed by atoms with van der Waals surface area (Å²) >= 11 is 7.32. The predicted octanol–water partition coefficient (Wildman–Crippen LogP) is 1.94. The van der Waals surface area contributed by atoms with E-state index in [0.29, 0.717) is 13.2 Å². The van der Waals surface area contributed by atoms with Gasteiger partial charge in [0.2, 0.25) is 0 Å². The fourth-order valence-corrected chi connectivity index (χ4v) is 2.07. The molecular formula is C8H13ClN2OS. The van der Waals surface area contributed by atoms with Gasteiger partial charge in [-0.3, -0.25) is 5.84 Å². The molecule has 0 radical (unpaired) electrons. The number of nitrogens with two attached hydrogens (primary N) is 1. The Labute approximate surface area is 86.8 Å². The van der Waals surface area contributed by atoms with Crippen molar-refractivity contribution < 1.29 is 4.74 Å². The lowest BCUT2D eigenvalue weighted by molar-refractivity contribution is 0.124. The van der Waals surface area contributed by atoms with Crippen LogP contribution < -0.4 is 11.3 Å². The quantitative estimate of drug-likeness (QED) is 0.589. The van der Waals surface area contributed by atoms with Crippen LogP contribution in [0, 0.1) is 0 Å². The summed E-state index contributed by atoms with van der Waals surface area (Å²) in [6.07, 6.45) is 0. The van der Waals surface area contributed by atoms with Crippen molar-refractivity contribution in [3.8, 4) is 0 Å². The average Bonchev–Trinajstić information content (AvgIpc) is 2.54. The Hall–Kier alpha value is -0.130. The second-order valence-electron chi connectivity index (χ2n) is 2.52. The third-order valence-electron chi connectivity index (χ3n) is 1.63. The van der Waals surface area contributed by atoms with E-state index < -0.39 is 0 Å². The molecule has 0 aromatic carbocycles. The molecule has 1 aromatic rings. The van der Waals surface area contributed by atoms with Crippen LogP contribution in [-0.4, -0.2) is 13.2 Å². The Morgan fingerprint density at radius 2 is 2.46 bits per heavy atom. The molecule has 0 bridgehead atoms. The largest absolute Gasteiger partial charge is 0.380 e. The van der Waals surface area contributed by atoms with Gasteiger partial charge in [-0.15, -0.1) is 11.3 Å². The lowest BCUT2D eigenvalue weighted by atomic mass is 10.3. The molecule has 1 atom stereocenters. The van der Waals surface area contributed by atoms with E-state index in [1.165, 1.54) is 11.3 Å². The monoisotopic (exact) mass is 220 g/mol. The number of halogens is 1. The highest BCUT2D eigenvalue weighted by Gasteiger charge is 2.11. The van der Waals surface area contributed by atoms with E-state index in [2.05, 4.69) is 5.43 Å². The third-order valence-corrected chi connectivity index (χ3v) is 2.97. The third kappa shape index (κ3) is 3.25. The standard InChI is InChI=1S/C8H13ClN2OS/c1-2-12-5-6(11-10)7-3-4-8(9)13-7/h3-4,6,11H,2,5,10H2,1H3. The molecule has 3 N–H and O–H groups in total. The number of hydrazine groups is 1. The van der Waals surface area contributed by atoms with Crippen LogP contribution in [0.1, 0.15) is 17.8 Å². The van der Waals surface area contributed by atoms with Crippen LogP contribution in [-0.2, 0) is 4.74 Å². The smallest absolute Gasteiger partial charge is 0.0931 e. The van der Waals surface area contributed by atoms with Crippen molar-refractivity contribution in [1.29, 1.82) is 0 Å². The van der Waals surface area contributed by atoms with E-state index in [0.717, 1.165) is 9.21 Å². The zero-order valence-electron chi connectivity index (χ0n) is 7.42. The number of hydrogen-bond acceptors (Lipinski definition) is 4. The minimum Gasteiger partial charge on any atom is -0.380 e. The molecule has 1 unspecified atom stereocenters. The molecule has 0 saturated heterocycles. The molecule has 0 aliphatic rings. The van der Waals surface area contributed by atoms with Crippen molar-refractivity contribution in [3.05, 3.63) is 21.3 Å². The second-order valence-corrected chi connectivity index (χ2v) is 4.27. The first-order chi connectivity index (χ1) is 6.27. The summed E-state index contributed by atoms with van der Waals surface area (Å²) in [6.45, 7) is 3.22. The molecule has 0 fully saturated rings. The molecule has 0 saturated carbocycles. The highest BCUT2D eigenvalue weighted by atomic mass is 35.5. The summed E-state index contributed by atoms with van der Waals surface area (Å²) in [7, 11) is 0. The summed E-state index contributed by atoms with van der Waals surface area (Å²) in [5, 5.41) is 0. The first-order valence-corrected chi connectivity index (χ1v) is 5.26. The maximum Gasteiger partial charge on any atom is 0.0931 e. The summed E-state index contributed by atoms with van der Waals surface area (Å²) in [6, 6.07) is 3.85. The van der Waals surface area contributed by atoms with Crippen molar-refractivity contribution in [2.24, 2.45) is 5.84 Å². The Bertz CT molecular complexity index is 254. The molecule has 0 spiro atoms. The SMILES string of the molecule is CCOCC(NN)c1ccc(Cl)s1. The molecular weight excluding hydrogens is 208 g/mol. The van der Waals surface area contributed by atoms with Gasteiger partial charge >= 0.3 is 0 Å². The molecule has 0 aliphatic carbocycles. The minimum atomic E-state index is 0.0393. The molecule has 5 heteroatoms. The fourth-order valence-electron chi connectivity index (χ4n) is 0.964. The highest BCUT2D eigenvalue weighted by Crippen LogP contribution is 2.26. The van der Waals surface area contributed by atoms with Crippen LogP contribution in [0.2, 0.25) is 4.34 Å². The normalized spacial score (nSPS) is 13.2. The highest BCUT2D eigenvalue weighted by molar-refractivity contribution is 7.16. The minimum absolute atomic E-state index is 0.0393. The van der Waals surface area contributed by atoms with E-state index in [1.807, 2.05) is 19.1 Å². The van der Waals surface area contributed by atoms with Crippen molar-refractivity contribution >= 4 is 22.9 Å². The van der Waals surface area contributed by atoms with Crippen LogP contribution in [0.15, 0.2) is 12.1 Å². The first kappa shape index (κ1) is 10.9. The number of thiophene rings is 1. The maximum atomic E-state index is 5.80.